The van der Waals surface area contributed by atoms with E-state index in [4.69, 9.17) is 5.26 Å². The average molecular weight is 569 g/mol. The average Bonchev–Trinajstić information content (AvgIpc) is 3.43. The molecular formula is C32H36N6O4. The van der Waals surface area contributed by atoms with Crippen LogP contribution in [0.15, 0.2) is 72.8 Å². The monoisotopic (exact) mass is 568 g/mol. The van der Waals surface area contributed by atoms with Crippen molar-refractivity contribution in [3.8, 4) is 11.8 Å². The van der Waals surface area contributed by atoms with Crippen molar-refractivity contribution >= 4 is 23.5 Å². The van der Waals surface area contributed by atoms with Crippen LogP contribution < -0.4 is 21.3 Å². The number of amides is 4. The molecule has 4 amide bonds. The molecular weight excluding hydrogens is 532 g/mol. The summed E-state index contributed by atoms with van der Waals surface area (Å²) in [4.78, 5) is 40.7. The molecule has 3 aromatic carbocycles. The lowest BCUT2D eigenvalue weighted by molar-refractivity contribution is -0.123. The van der Waals surface area contributed by atoms with Gasteiger partial charge in [-0.05, 0) is 72.5 Å². The third kappa shape index (κ3) is 8.81. The van der Waals surface area contributed by atoms with Gasteiger partial charge in [0.2, 0.25) is 5.91 Å². The highest BCUT2D eigenvalue weighted by Gasteiger charge is 2.28. The number of urea groups is 1. The van der Waals surface area contributed by atoms with Crippen molar-refractivity contribution in [2.45, 2.75) is 44.8 Å². The van der Waals surface area contributed by atoms with Gasteiger partial charge in [0.25, 0.3) is 5.91 Å². The van der Waals surface area contributed by atoms with Crippen LogP contribution in [0.25, 0.3) is 0 Å². The molecule has 4 rings (SSSR count). The standard InChI is InChI=1S/C32H36N6O4/c1-2-16-34-30(40)25-9-11-26(12-10-25)36-32(42)37-29(18-22-7-13-28(39)14-8-22)31(41)35-27-15-17-38(21-27)20-24-5-3-23(19-33)4-6-24/h3-14,27,29,39H,2,15-18,20-21H2,1H3,(H,34,40)(H,35,41)(H2,36,37,42)/t27?,29-/m0/s1. The highest BCUT2D eigenvalue weighted by Crippen LogP contribution is 2.16. The maximum Gasteiger partial charge on any atom is 0.319 e. The van der Waals surface area contributed by atoms with E-state index in [9.17, 15) is 19.5 Å². The number of likely N-dealkylation sites (tertiary alicyclic amines) is 1. The molecule has 10 nitrogen and oxygen atoms in total. The third-order valence-corrected chi connectivity index (χ3v) is 7.05. The summed E-state index contributed by atoms with van der Waals surface area (Å²) >= 11 is 0. The van der Waals surface area contributed by atoms with Crippen molar-refractivity contribution in [2.75, 3.05) is 25.0 Å². The van der Waals surface area contributed by atoms with Crippen LogP contribution in [-0.4, -0.2) is 59.6 Å². The number of benzene rings is 3. The van der Waals surface area contributed by atoms with Crippen molar-refractivity contribution in [3.63, 3.8) is 0 Å². The quantitative estimate of drug-likeness (QED) is 0.239. The Hall–Kier alpha value is -4.88. The first-order chi connectivity index (χ1) is 20.3. The Morgan fingerprint density at radius 3 is 2.36 bits per heavy atom. The summed E-state index contributed by atoms with van der Waals surface area (Å²) in [6.45, 7) is 4.76. The summed E-state index contributed by atoms with van der Waals surface area (Å²) in [5.41, 5.74) is 3.47. The van der Waals surface area contributed by atoms with Crippen LogP contribution in [0.2, 0.25) is 0 Å². The number of nitriles is 1. The van der Waals surface area contributed by atoms with Crippen LogP contribution in [-0.2, 0) is 17.8 Å². The minimum absolute atomic E-state index is 0.0746. The normalized spacial score (nSPS) is 15.3. The first kappa shape index (κ1) is 30.1. The predicted molar refractivity (Wildman–Crippen MR) is 160 cm³/mol. The highest BCUT2D eigenvalue weighted by atomic mass is 16.3. The molecule has 218 valence electrons. The number of nitrogens with zero attached hydrogens (tertiary/aromatic N) is 2. The maximum absolute atomic E-state index is 13.4. The Morgan fingerprint density at radius 1 is 1.00 bits per heavy atom. The van der Waals surface area contributed by atoms with Crippen LogP contribution in [0.1, 0.15) is 46.8 Å². The van der Waals surface area contributed by atoms with E-state index in [0.29, 0.717) is 36.4 Å². The lowest BCUT2D eigenvalue weighted by atomic mass is 10.0. The highest BCUT2D eigenvalue weighted by molar-refractivity contribution is 5.96. The van der Waals surface area contributed by atoms with Gasteiger partial charge in [0.15, 0.2) is 0 Å². The topological polar surface area (TPSA) is 147 Å². The zero-order valence-electron chi connectivity index (χ0n) is 23.6. The molecule has 0 spiro atoms. The molecule has 0 bridgehead atoms. The molecule has 0 saturated carbocycles. The van der Waals surface area contributed by atoms with Gasteiger partial charge in [-0.15, -0.1) is 0 Å². The molecule has 42 heavy (non-hydrogen) atoms. The predicted octanol–water partition coefficient (Wildman–Crippen LogP) is 3.53. The fourth-order valence-corrected chi connectivity index (χ4v) is 4.79. The van der Waals surface area contributed by atoms with Gasteiger partial charge in [0, 0.05) is 49.9 Å². The summed E-state index contributed by atoms with van der Waals surface area (Å²) in [6, 6.07) is 21.2. The van der Waals surface area contributed by atoms with Crippen LogP contribution in [0.4, 0.5) is 10.5 Å². The molecule has 3 aromatic rings. The molecule has 0 aliphatic carbocycles. The third-order valence-electron chi connectivity index (χ3n) is 7.05. The number of carbonyl (C=O) groups is 3. The van der Waals surface area contributed by atoms with Crippen LogP contribution in [0, 0.1) is 11.3 Å². The number of anilines is 1. The SMILES string of the molecule is CCCNC(=O)c1ccc(NC(=O)N[C@@H](Cc2ccc(O)cc2)C(=O)NC2CCN(Cc3ccc(C#N)cc3)C2)cc1. The largest absolute Gasteiger partial charge is 0.508 e. The number of phenolic OH excluding ortho intramolecular Hbond substituents is 1. The molecule has 0 aromatic heterocycles. The molecule has 10 heteroatoms. The van der Waals surface area contributed by atoms with E-state index in [2.05, 4.69) is 32.2 Å². The molecule has 1 saturated heterocycles. The van der Waals surface area contributed by atoms with Crippen LogP contribution >= 0.6 is 0 Å². The number of nitrogens with one attached hydrogen (secondary N) is 4. The van der Waals surface area contributed by atoms with Gasteiger partial charge < -0.3 is 26.4 Å². The van der Waals surface area contributed by atoms with Crippen molar-refractivity contribution in [2.24, 2.45) is 0 Å². The fourth-order valence-electron chi connectivity index (χ4n) is 4.79. The number of hydrogen-bond donors (Lipinski definition) is 5. The van der Waals surface area contributed by atoms with E-state index in [1.54, 1.807) is 60.7 Å². The second-order valence-electron chi connectivity index (χ2n) is 10.4. The first-order valence-corrected chi connectivity index (χ1v) is 14.1. The molecule has 1 unspecified atom stereocenters. The number of rotatable bonds is 11. The van der Waals surface area contributed by atoms with Crippen LogP contribution in [0.3, 0.4) is 0 Å². The van der Waals surface area contributed by atoms with Crippen molar-refractivity contribution in [1.29, 1.82) is 5.26 Å². The number of aromatic hydroxyl groups is 1. The van der Waals surface area contributed by atoms with E-state index < -0.39 is 12.1 Å². The van der Waals surface area contributed by atoms with Gasteiger partial charge in [-0.3, -0.25) is 14.5 Å². The van der Waals surface area contributed by atoms with Gasteiger partial charge in [0.1, 0.15) is 11.8 Å². The fraction of sp³-hybridized carbons (Fsp3) is 0.312. The van der Waals surface area contributed by atoms with E-state index in [-0.39, 0.29) is 30.0 Å². The summed E-state index contributed by atoms with van der Waals surface area (Å²) < 4.78 is 0. The lowest BCUT2D eigenvalue weighted by Crippen LogP contribution is -2.52. The second-order valence-corrected chi connectivity index (χ2v) is 10.4. The molecule has 1 heterocycles. The summed E-state index contributed by atoms with van der Waals surface area (Å²) in [5, 5.41) is 30.1. The van der Waals surface area contributed by atoms with Gasteiger partial charge in [-0.2, -0.15) is 5.26 Å². The molecule has 1 aliphatic heterocycles. The van der Waals surface area contributed by atoms with E-state index in [1.165, 1.54) is 0 Å². The van der Waals surface area contributed by atoms with E-state index in [1.807, 2.05) is 19.1 Å². The second kappa shape index (κ2) is 14.7. The first-order valence-electron chi connectivity index (χ1n) is 14.1. The van der Waals surface area contributed by atoms with Crippen molar-refractivity contribution in [1.82, 2.24) is 20.9 Å². The van der Waals surface area contributed by atoms with E-state index in [0.717, 1.165) is 30.5 Å². The van der Waals surface area contributed by atoms with E-state index >= 15 is 0 Å². The Morgan fingerprint density at radius 2 is 1.69 bits per heavy atom. The zero-order chi connectivity index (χ0) is 29.9. The van der Waals surface area contributed by atoms with Gasteiger partial charge in [-0.25, -0.2) is 4.79 Å². The van der Waals surface area contributed by atoms with Crippen LogP contribution in [0.5, 0.6) is 5.75 Å². The van der Waals surface area contributed by atoms with Crippen molar-refractivity contribution < 1.29 is 19.5 Å². The Labute approximate surface area is 245 Å². The van der Waals surface area contributed by atoms with Gasteiger partial charge in [0.05, 0.1) is 11.6 Å². The lowest BCUT2D eigenvalue weighted by Gasteiger charge is -2.22. The number of phenols is 1. The summed E-state index contributed by atoms with van der Waals surface area (Å²) in [7, 11) is 0. The minimum Gasteiger partial charge on any atom is -0.508 e. The molecule has 1 aliphatic rings. The Balaban J connectivity index is 1.36. The maximum atomic E-state index is 13.4. The summed E-state index contributed by atoms with van der Waals surface area (Å²) in [6.07, 6.45) is 1.85. The Kier molecular flexibility index (Phi) is 10.5. The molecule has 1 fully saturated rings. The van der Waals surface area contributed by atoms with Gasteiger partial charge >= 0.3 is 6.03 Å². The molecule has 5 N–H and O–H groups in total. The summed E-state index contributed by atoms with van der Waals surface area (Å²) in [5.74, 6) is -0.363. The molecule has 2 atom stereocenters. The van der Waals surface area contributed by atoms with Gasteiger partial charge in [-0.1, -0.05) is 31.2 Å². The number of carbonyl (C=O) groups excluding carboxylic acids is 3. The number of hydrogen-bond acceptors (Lipinski definition) is 6. The van der Waals surface area contributed by atoms with Crippen molar-refractivity contribution in [3.05, 3.63) is 95.1 Å². The molecule has 0 radical (unpaired) electrons. The minimum atomic E-state index is -0.860. The zero-order valence-corrected chi connectivity index (χ0v) is 23.6. The smallest absolute Gasteiger partial charge is 0.319 e. The Bertz CT molecular complexity index is 1400.